The highest BCUT2D eigenvalue weighted by Crippen LogP contribution is 2.58. The molecule has 1 spiro atoms. The van der Waals surface area contributed by atoms with Crippen molar-refractivity contribution >= 4 is 39.0 Å². The van der Waals surface area contributed by atoms with Crippen LogP contribution in [0.2, 0.25) is 0 Å². The Kier molecular flexibility index (Phi) is 6.12. The number of carbonyl (C=O) groups is 1. The molecule has 1 aliphatic carbocycles. The highest BCUT2D eigenvalue weighted by atomic mass is 79.9. The van der Waals surface area contributed by atoms with Crippen LogP contribution in [0.4, 0.5) is 17.1 Å². The van der Waals surface area contributed by atoms with Crippen molar-refractivity contribution in [3.8, 4) is 11.5 Å². The average Bonchev–Trinajstić information content (AvgIpc) is 3.27. The van der Waals surface area contributed by atoms with Crippen molar-refractivity contribution in [3.05, 3.63) is 111 Å². The zero-order valence-electron chi connectivity index (χ0n) is 22.7. The van der Waals surface area contributed by atoms with Crippen molar-refractivity contribution in [2.45, 2.75) is 50.7 Å². The van der Waals surface area contributed by atoms with Crippen molar-refractivity contribution in [2.24, 2.45) is 0 Å². The van der Waals surface area contributed by atoms with E-state index in [4.69, 9.17) is 9.47 Å². The minimum absolute atomic E-state index is 0.327. The lowest BCUT2D eigenvalue weighted by Gasteiger charge is -2.39. The number of benzene rings is 4. The first-order chi connectivity index (χ1) is 19.5. The molecule has 0 amide bonds. The van der Waals surface area contributed by atoms with Gasteiger partial charge in [0.25, 0.3) is 0 Å². The van der Waals surface area contributed by atoms with Gasteiger partial charge in [-0.3, -0.25) is 0 Å². The summed E-state index contributed by atoms with van der Waals surface area (Å²) in [7, 11) is 2.17. The normalized spacial score (nSPS) is 19.3. The molecule has 4 aromatic rings. The van der Waals surface area contributed by atoms with E-state index in [-0.39, 0.29) is 5.97 Å². The fourth-order valence-corrected chi connectivity index (χ4v) is 7.19. The number of esters is 1. The molecule has 1 unspecified atom stereocenters. The second-order valence-corrected chi connectivity index (χ2v) is 11.9. The van der Waals surface area contributed by atoms with Crippen molar-refractivity contribution in [2.75, 3.05) is 17.3 Å². The maximum atomic E-state index is 13.4. The molecule has 5 nitrogen and oxygen atoms in total. The average molecular weight is 596 g/mol. The number of nitrogens with zero attached hydrogens (tertiary/aromatic N) is 1. The van der Waals surface area contributed by atoms with Gasteiger partial charge in [-0.25, -0.2) is 4.79 Å². The van der Waals surface area contributed by atoms with E-state index >= 15 is 0 Å². The minimum atomic E-state index is -1.12. The van der Waals surface area contributed by atoms with Crippen LogP contribution < -0.4 is 15.0 Å². The van der Waals surface area contributed by atoms with Crippen LogP contribution in [0.15, 0.2) is 83.3 Å². The molecule has 1 atom stereocenters. The lowest BCUT2D eigenvalue weighted by atomic mass is 9.77. The van der Waals surface area contributed by atoms with Gasteiger partial charge in [0, 0.05) is 51.7 Å². The third kappa shape index (κ3) is 3.92. The van der Waals surface area contributed by atoms with Crippen LogP contribution in [0, 0.1) is 6.92 Å². The predicted octanol–water partition coefficient (Wildman–Crippen LogP) is 8.84. The summed E-state index contributed by atoms with van der Waals surface area (Å²) in [6, 6.07) is 26.6. The smallest absolute Gasteiger partial charge is 0.340 e. The van der Waals surface area contributed by atoms with Gasteiger partial charge in [0.05, 0.1) is 11.3 Å². The van der Waals surface area contributed by atoms with E-state index in [1.807, 2.05) is 60.7 Å². The van der Waals surface area contributed by atoms with Crippen molar-refractivity contribution in [1.82, 2.24) is 0 Å². The van der Waals surface area contributed by atoms with E-state index in [1.165, 1.54) is 32.1 Å². The topological polar surface area (TPSA) is 50.8 Å². The number of rotatable bonds is 4. The third-order valence-electron chi connectivity index (χ3n) is 8.68. The SMILES string of the molecule is Cc1cc2c(cc1Nc1ccccc1)C1(OC(=O)c3ccccc31)c1cc(Br)c(N(C)C3CCCCC3)cc1O2. The Morgan fingerprint density at radius 3 is 2.38 bits per heavy atom. The monoisotopic (exact) mass is 594 g/mol. The molecular formula is C34H31BrN2O3. The molecule has 2 heterocycles. The molecule has 7 rings (SSSR count). The lowest BCUT2D eigenvalue weighted by Crippen LogP contribution is -2.35. The van der Waals surface area contributed by atoms with E-state index in [2.05, 4.69) is 58.3 Å². The molecule has 202 valence electrons. The fraction of sp³-hybridized carbons (Fsp3) is 0.265. The zero-order valence-corrected chi connectivity index (χ0v) is 24.3. The van der Waals surface area contributed by atoms with E-state index in [9.17, 15) is 4.79 Å². The van der Waals surface area contributed by atoms with Gasteiger partial charge >= 0.3 is 5.97 Å². The van der Waals surface area contributed by atoms with E-state index in [0.29, 0.717) is 23.1 Å². The Labute approximate surface area is 243 Å². The van der Waals surface area contributed by atoms with Gasteiger partial charge in [-0.05, 0) is 77.7 Å². The first kappa shape index (κ1) is 25.2. The van der Waals surface area contributed by atoms with Gasteiger partial charge in [-0.15, -0.1) is 0 Å². The first-order valence-corrected chi connectivity index (χ1v) is 14.8. The molecule has 3 aliphatic rings. The molecule has 0 bridgehead atoms. The number of fused-ring (bicyclic) bond motifs is 6. The van der Waals surface area contributed by atoms with Crippen LogP contribution in [-0.2, 0) is 10.3 Å². The number of carbonyl (C=O) groups excluding carboxylic acids is 1. The summed E-state index contributed by atoms with van der Waals surface area (Å²) >= 11 is 3.89. The Morgan fingerprint density at radius 2 is 1.57 bits per heavy atom. The molecule has 0 radical (unpaired) electrons. The quantitative estimate of drug-likeness (QED) is 0.239. The number of aryl methyl sites for hydroxylation is 1. The summed E-state index contributed by atoms with van der Waals surface area (Å²) in [6.07, 6.45) is 6.21. The summed E-state index contributed by atoms with van der Waals surface area (Å²) in [5.41, 5.74) is 5.96. The van der Waals surface area contributed by atoms with Crippen molar-refractivity contribution in [1.29, 1.82) is 0 Å². The second kappa shape index (κ2) is 9.70. The summed E-state index contributed by atoms with van der Waals surface area (Å²) in [5, 5.41) is 3.55. The molecule has 0 saturated heterocycles. The molecule has 1 fully saturated rings. The van der Waals surface area contributed by atoms with Crippen LogP contribution >= 0.6 is 15.9 Å². The number of ether oxygens (including phenoxy) is 2. The number of hydrogen-bond acceptors (Lipinski definition) is 5. The maximum absolute atomic E-state index is 13.4. The number of anilines is 3. The Balaban J connectivity index is 1.42. The molecule has 40 heavy (non-hydrogen) atoms. The first-order valence-electron chi connectivity index (χ1n) is 14.0. The molecule has 0 aromatic heterocycles. The molecule has 2 aliphatic heterocycles. The van der Waals surface area contributed by atoms with Crippen LogP contribution in [0.25, 0.3) is 0 Å². The minimum Gasteiger partial charge on any atom is -0.456 e. The fourth-order valence-electron chi connectivity index (χ4n) is 6.57. The highest BCUT2D eigenvalue weighted by Gasteiger charge is 2.54. The van der Waals surface area contributed by atoms with Crippen LogP contribution in [0.3, 0.4) is 0 Å². The number of halogens is 1. The molecule has 1 saturated carbocycles. The van der Waals surface area contributed by atoms with Gasteiger partial charge in [0.1, 0.15) is 11.5 Å². The predicted molar refractivity (Wildman–Crippen MR) is 162 cm³/mol. The van der Waals surface area contributed by atoms with Crippen molar-refractivity contribution in [3.63, 3.8) is 0 Å². The van der Waals surface area contributed by atoms with Gasteiger partial charge in [0.2, 0.25) is 0 Å². The Morgan fingerprint density at radius 1 is 0.875 bits per heavy atom. The van der Waals surface area contributed by atoms with Gasteiger partial charge in [-0.1, -0.05) is 55.7 Å². The Hall–Kier alpha value is -3.77. The standard InChI is InChI=1S/C34H31BrN2O3/c1-21-17-31-27(19-29(21)36-22-11-5-3-6-12-22)34(25-16-10-9-15-24(25)33(38)40-34)26-18-28(35)30(20-32(26)39-31)37(2)23-13-7-4-8-14-23/h3,5-6,9-12,15-20,23,36H,4,7-8,13-14H2,1-2H3. The molecule has 6 heteroatoms. The molecule has 1 N–H and O–H groups in total. The largest absolute Gasteiger partial charge is 0.456 e. The zero-order chi connectivity index (χ0) is 27.4. The molecular weight excluding hydrogens is 564 g/mol. The molecule has 4 aromatic carbocycles. The van der Waals surface area contributed by atoms with Gasteiger partial charge in [-0.2, -0.15) is 0 Å². The van der Waals surface area contributed by atoms with Gasteiger partial charge in [0.15, 0.2) is 5.60 Å². The van der Waals surface area contributed by atoms with E-state index in [0.717, 1.165) is 43.8 Å². The highest BCUT2D eigenvalue weighted by molar-refractivity contribution is 9.10. The van der Waals surface area contributed by atoms with Gasteiger partial charge < -0.3 is 19.7 Å². The maximum Gasteiger partial charge on any atom is 0.340 e. The summed E-state index contributed by atoms with van der Waals surface area (Å²) < 4.78 is 14.1. The second-order valence-electron chi connectivity index (χ2n) is 11.1. The number of para-hydroxylation sites is 1. The summed E-state index contributed by atoms with van der Waals surface area (Å²) in [6.45, 7) is 2.07. The lowest BCUT2D eigenvalue weighted by molar-refractivity contribution is 0.0224. The Bertz CT molecular complexity index is 1630. The summed E-state index contributed by atoms with van der Waals surface area (Å²) in [5.74, 6) is 1.08. The number of nitrogens with one attached hydrogen (secondary N) is 1. The summed E-state index contributed by atoms with van der Waals surface area (Å²) in [4.78, 5) is 15.7. The van der Waals surface area contributed by atoms with Crippen LogP contribution in [0.1, 0.15) is 64.7 Å². The van der Waals surface area contributed by atoms with E-state index < -0.39 is 5.60 Å². The van der Waals surface area contributed by atoms with E-state index in [1.54, 1.807) is 0 Å². The van der Waals surface area contributed by atoms with Crippen LogP contribution in [-0.4, -0.2) is 19.1 Å². The van der Waals surface area contributed by atoms with Crippen molar-refractivity contribution < 1.29 is 14.3 Å². The number of hydrogen-bond donors (Lipinski definition) is 1. The third-order valence-corrected chi connectivity index (χ3v) is 9.32. The van der Waals surface area contributed by atoms with Crippen LogP contribution in [0.5, 0.6) is 11.5 Å².